The number of methoxy groups -OCH3 is 2. The average Bonchev–Trinajstić information content (AvgIpc) is 2.37. The summed E-state index contributed by atoms with van der Waals surface area (Å²) in [6.07, 6.45) is 0.961. The Balaban J connectivity index is 2.66. The summed E-state index contributed by atoms with van der Waals surface area (Å²) in [6.45, 7) is 8.57. The van der Waals surface area contributed by atoms with Gasteiger partial charge in [-0.2, -0.15) is 0 Å². The van der Waals surface area contributed by atoms with Gasteiger partial charge < -0.3 is 14.8 Å². The van der Waals surface area contributed by atoms with Gasteiger partial charge in [0, 0.05) is 24.8 Å². The summed E-state index contributed by atoms with van der Waals surface area (Å²) in [7, 11) is 3.47. The van der Waals surface area contributed by atoms with Crippen LogP contribution in [0.4, 0.5) is 0 Å². The van der Waals surface area contributed by atoms with Gasteiger partial charge in [-0.3, -0.25) is 0 Å². The van der Waals surface area contributed by atoms with Crippen molar-refractivity contribution in [3.63, 3.8) is 0 Å². The van der Waals surface area contributed by atoms with E-state index in [1.165, 1.54) is 5.56 Å². The Labute approximate surface area is 117 Å². The summed E-state index contributed by atoms with van der Waals surface area (Å²) in [5.41, 5.74) is 1.08. The molecule has 108 valence electrons. The van der Waals surface area contributed by atoms with Crippen LogP contribution in [0.15, 0.2) is 24.3 Å². The summed E-state index contributed by atoms with van der Waals surface area (Å²) in [5, 5.41) is 3.60. The Morgan fingerprint density at radius 3 is 2.37 bits per heavy atom. The maximum Gasteiger partial charge on any atom is 0.123 e. The molecule has 1 rings (SSSR count). The molecule has 0 amide bonds. The first-order chi connectivity index (χ1) is 8.89. The van der Waals surface area contributed by atoms with Gasteiger partial charge >= 0.3 is 0 Å². The summed E-state index contributed by atoms with van der Waals surface area (Å²) < 4.78 is 10.9. The third-order valence-electron chi connectivity index (χ3n) is 3.49. The first-order valence-corrected chi connectivity index (χ1v) is 6.83. The van der Waals surface area contributed by atoms with E-state index in [0.29, 0.717) is 6.04 Å². The van der Waals surface area contributed by atoms with Crippen molar-refractivity contribution < 1.29 is 9.47 Å². The summed E-state index contributed by atoms with van der Waals surface area (Å²) in [6, 6.07) is 8.75. The molecule has 1 N–H and O–H groups in total. The molecule has 0 fully saturated rings. The largest absolute Gasteiger partial charge is 0.496 e. The van der Waals surface area contributed by atoms with Gasteiger partial charge in [-0.1, -0.05) is 18.2 Å². The van der Waals surface area contributed by atoms with E-state index >= 15 is 0 Å². The minimum absolute atomic E-state index is 0.104. The highest BCUT2D eigenvalue weighted by Gasteiger charge is 2.22. The molecule has 19 heavy (non-hydrogen) atoms. The molecule has 3 heteroatoms. The molecule has 0 bridgehead atoms. The van der Waals surface area contributed by atoms with Gasteiger partial charge in [0.2, 0.25) is 0 Å². The molecule has 3 nitrogen and oxygen atoms in total. The number of rotatable bonds is 7. The molecule has 0 saturated heterocycles. The fraction of sp³-hybridized carbons (Fsp3) is 0.625. The Kier molecular flexibility index (Phi) is 5.83. The van der Waals surface area contributed by atoms with E-state index in [0.717, 1.165) is 12.2 Å². The first-order valence-electron chi connectivity index (χ1n) is 6.83. The van der Waals surface area contributed by atoms with Gasteiger partial charge in [-0.05, 0) is 40.2 Å². The topological polar surface area (TPSA) is 30.5 Å². The lowest BCUT2D eigenvalue weighted by Crippen LogP contribution is -2.37. The van der Waals surface area contributed by atoms with Crippen molar-refractivity contribution >= 4 is 0 Å². The quantitative estimate of drug-likeness (QED) is 0.818. The van der Waals surface area contributed by atoms with Crippen LogP contribution in [0, 0.1) is 0 Å². The Morgan fingerprint density at radius 1 is 1.16 bits per heavy atom. The number of nitrogens with one attached hydrogen (secondary N) is 1. The molecule has 0 radical (unpaired) electrons. The Morgan fingerprint density at radius 2 is 1.79 bits per heavy atom. The molecule has 0 aliphatic rings. The number of ether oxygens (including phenoxy) is 2. The fourth-order valence-corrected chi connectivity index (χ4v) is 2.42. The van der Waals surface area contributed by atoms with Gasteiger partial charge in [0.1, 0.15) is 5.75 Å². The highest BCUT2D eigenvalue weighted by atomic mass is 16.5. The Bertz CT molecular complexity index is 390. The van der Waals surface area contributed by atoms with E-state index in [9.17, 15) is 0 Å². The SMILES string of the molecule is COc1ccccc1C(C)NC(C)CC(C)(C)OC. The zero-order chi connectivity index (χ0) is 14.5. The van der Waals surface area contributed by atoms with Crippen LogP contribution in [0.5, 0.6) is 5.75 Å². The lowest BCUT2D eigenvalue weighted by Gasteiger charge is -2.29. The molecule has 0 spiro atoms. The predicted molar refractivity (Wildman–Crippen MR) is 79.7 cm³/mol. The lowest BCUT2D eigenvalue weighted by molar-refractivity contribution is 0.00781. The monoisotopic (exact) mass is 265 g/mol. The van der Waals surface area contributed by atoms with Crippen LogP contribution < -0.4 is 10.1 Å². The molecule has 2 unspecified atom stereocenters. The van der Waals surface area contributed by atoms with Crippen molar-refractivity contribution in [1.82, 2.24) is 5.32 Å². The Hall–Kier alpha value is -1.06. The third-order valence-corrected chi connectivity index (χ3v) is 3.49. The molecule has 2 atom stereocenters. The molecular weight excluding hydrogens is 238 g/mol. The minimum Gasteiger partial charge on any atom is -0.496 e. The second-order valence-electron chi connectivity index (χ2n) is 5.70. The molecule has 0 heterocycles. The van der Waals surface area contributed by atoms with E-state index < -0.39 is 0 Å². The second-order valence-corrected chi connectivity index (χ2v) is 5.70. The van der Waals surface area contributed by atoms with Crippen LogP contribution in [0.25, 0.3) is 0 Å². The molecule has 0 saturated carbocycles. The normalized spacial score (nSPS) is 15.1. The zero-order valence-electron chi connectivity index (χ0n) is 13.0. The minimum atomic E-state index is -0.104. The highest BCUT2D eigenvalue weighted by Crippen LogP contribution is 2.25. The van der Waals surface area contributed by atoms with Gasteiger partial charge in [0.05, 0.1) is 12.7 Å². The predicted octanol–water partition coefficient (Wildman–Crippen LogP) is 3.55. The number of hydrogen-bond acceptors (Lipinski definition) is 3. The van der Waals surface area contributed by atoms with Crippen LogP contribution >= 0.6 is 0 Å². The molecule has 1 aromatic rings. The maximum atomic E-state index is 5.48. The average molecular weight is 265 g/mol. The highest BCUT2D eigenvalue weighted by molar-refractivity contribution is 5.35. The number of hydrogen-bond donors (Lipinski definition) is 1. The zero-order valence-corrected chi connectivity index (χ0v) is 13.0. The van der Waals surface area contributed by atoms with Crippen molar-refractivity contribution in [2.45, 2.75) is 51.8 Å². The fourth-order valence-electron chi connectivity index (χ4n) is 2.42. The van der Waals surface area contributed by atoms with Crippen molar-refractivity contribution in [1.29, 1.82) is 0 Å². The summed E-state index contributed by atoms with van der Waals surface area (Å²) in [4.78, 5) is 0. The molecule has 0 aromatic heterocycles. The number of benzene rings is 1. The maximum absolute atomic E-state index is 5.48. The first kappa shape index (κ1) is 16.0. The van der Waals surface area contributed by atoms with Gasteiger partial charge in [0.15, 0.2) is 0 Å². The van der Waals surface area contributed by atoms with Gasteiger partial charge in [-0.25, -0.2) is 0 Å². The van der Waals surface area contributed by atoms with Crippen LogP contribution in [0.1, 0.15) is 45.7 Å². The molecule has 1 aromatic carbocycles. The molecular formula is C16H27NO2. The van der Waals surface area contributed by atoms with E-state index in [-0.39, 0.29) is 11.6 Å². The van der Waals surface area contributed by atoms with Crippen LogP contribution in [-0.4, -0.2) is 25.9 Å². The van der Waals surface area contributed by atoms with Crippen LogP contribution in [0.3, 0.4) is 0 Å². The van der Waals surface area contributed by atoms with E-state index in [1.54, 1.807) is 14.2 Å². The van der Waals surface area contributed by atoms with Crippen LogP contribution in [0.2, 0.25) is 0 Å². The van der Waals surface area contributed by atoms with Crippen molar-refractivity contribution in [3.05, 3.63) is 29.8 Å². The number of para-hydroxylation sites is 1. The second kappa shape index (κ2) is 6.92. The van der Waals surface area contributed by atoms with Gasteiger partial charge in [0.25, 0.3) is 0 Å². The van der Waals surface area contributed by atoms with Crippen molar-refractivity contribution in [2.75, 3.05) is 14.2 Å². The van der Waals surface area contributed by atoms with E-state index in [4.69, 9.17) is 9.47 Å². The lowest BCUT2D eigenvalue weighted by atomic mass is 9.98. The smallest absolute Gasteiger partial charge is 0.123 e. The van der Waals surface area contributed by atoms with E-state index in [1.807, 2.05) is 18.2 Å². The molecule has 0 aliphatic carbocycles. The molecule has 0 aliphatic heterocycles. The van der Waals surface area contributed by atoms with Crippen LogP contribution in [-0.2, 0) is 4.74 Å². The standard InChI is InChI=1S/C16H27NO2/c1-12(11-16(3,4)19-6)17-13(2)14-9-7-8-10-15(14)18-5/h7-10,12-13,17H,11H2,1-6H3. The summed E-state index contributed by atoms with van der Waals surface area (Å²) >= 11 is 0. The third kappa shape index (κ3) is 4.84. The van der Waals surface area contributed by atoms with E-state index in [2.05, 4.69) is 39.1 Å². The van der Waals surface area contributed by atoms with Gasteiger partial charge in [-0.15, -0.1) is 0 Å². The summed E-state index contributed by atoms with van der Waals surface area (Å²) in [5.74, 6) is 0.931. The van der Waals surface area contributed by atoms with Crippen molar-refractivity contribution in [3.8, 4) is 5.75 Å². The van der Waals surface area contributed by atoms with Crippen molar-refractivity contribution in [2.24, 2.45) is 0 Å².